The standard InChI is InChI=1S/C18H23NO/c1-18(2,3)14-9-10-15(13(11-14)12-20)16-7-6-8-17(16)19(4)5/h6,8-12H,7H2,1-5H3. The van der Waals surface area contributed by atoms with Crippen LogP contribution in [-0.4, -0.2) is 25.3 Å². The maximum Gasteiger partial charge on any atom is 0.150 e. The Kier molecular flexibility index (Phi) is 3.85. The summed E-state index contributed by atoms with van der Waals surface area (Å²) in [6.45, 7) is 6.49. The second-order valence-electron chi connectivity index (χ2n) is 6.53. The quantitative estimate of drug-likeness (QED) is 0.772. The van der Waals surface area contributed by atoms with Crippen molar-refractivity contribution in [2.75, 3.05) is 14.1 Å². The predicted octanol–water partition coefficient (Wildman–Crippen LogP) is 4.03. The molecule has 0 N–H and O–H groups in total. The zero-order chi connectivity index (χ0) is 14.9. The van der Waals surface area contributed by atoms with E-state index < -0.39 is 0 Å². The van der Waals surface area contributed by atoms with Crippen LogP contribution < -0.4 is 0 Å². The predicted molar refractivity (Wildman–Crippen MR) is 84.9 cm³/mol. The molecule has 1 aliphatic carbocycles. The highest BCUT2D eigenvalue weighted by Crippen LogP contribution is 2.33. The third-order valence-electron chi connectivity index (χ3n) is 3.76. The van der Waals surface area contributed by atoms with Gasteiger partial charge in [0.2, 0.25) is 0 Å². The number of likely N-dealkylation sites (N-methyl/N-ethyl adjacent to an activating group) is 1. The lowest BCUT2D eigenvalue weighted by Crippen LogP contribution is -2.13. The van der Waals surface area contributed by atoms with E-state index in [4.69, 9.17) is 0 Å². The molecule has 0 saturated heterocycles. The fraction of sp³-hybridized carbons (Fsp3) is 0.389. The van der Waals surface area contributed by atoms with Gasteiger partial charge < -0.3 is 4.90 Å². The number of rotatable bonds is 3. The van der Waals surface area contributed by atoms with Crippen molar-refractivity contribution in [3.63, 3.8) is 0 Å². The Hall–Kier alpha value is -1.83. The van der Waals surface area contributed by atoms with Gasteiger partial charge >= 0.3 is 0 Å². The molecule has 106 valence electrons. The molecule has 20 heavy (non-hydrogen) atoms. The number of benzene rings is 1. The van der Waals surface area contributed by atoms with Crippen LogP contribution in [0.3, 0.4) is 0 Å². The number of allylic oxidation sites excluding steroid dienone is 3. The largest absolute Gasteiger partial charge is 0.377 e. The molecule has 0 spiro atoms. The van der Waals surface area contributed by atoms with Crippen molar-refractivity contribution in [2.24, 2.45) is 0 Å². The molecule has 0 radical (unpaired) electrons. The summed E-state index contributed by atoms with van der Waals surface area (Å²) >= 11 is 0. The topological polar surface area (TPSA) is 20.3 Å². The molecule has 0 aromatic heterocycles. The zero-order valence-corrected chi connectivity index (χ0v) is 13.0. The van der Waals surface area contributed by atoms with Gasteiger partial charge in [-0.1, -0.05) is 39.0 Å². The third kappa shape index (κ3) is 2.69. The van der Waals surface area contributed by atoms with Crippen LogP contribution in [0.25, 0.3) is 5.57 Å². The third-order valence-corrected chi connectivity index (χ3v) is 3.76. The minimum absolute atomic E-state index is 0.0585. The second-order valence-corrected chi connectivity index (χ2v) is 6.53. The van der Waals surface area contributed by atoms with E-state index in [1.54, 1.807) is 0 Å². The van der Waals surface area contributed by atoms with Crippen LogP contribution in [0.1, 0.15) is 48.7 Å². The SMILES string of the molecule is CN(C)C1=C(c2ccc(C(C)(C)C)cc2C=O)CC=C1. The molecule has 0 fully saturated rings. The normalized spacial score (nSPS) is 14.8. The molecule has 0 heterocycles. The summed E-state index contributed by atoms with van der Waals surface area (Å²) in [4.78, 5) is 13.6. The first-order valence-electron chi connectivity index (χ1n) is 7.01. The van der Waals surface area contributed by atoms with E-state index in [0.29, 0.717) is 0 Å². The van der Waals surface area contributed by atoms with Gasteiger partial charge in [-0.05, 0) is 40.7 Å². The maximum atomic E-state index is 11.5. The van der Waals surface area contributed by atoms with Crippen molar-refractivity contribution in [2.45, 2.75) is 32.6 Å². The molecule has 1 aromatic carbocycles. The van der Waals surface area contributed by atoms with Gasteiger partial charge in [0.15, 0.2) is 6.29 Å². The van der Waals surface area contributed by atoms with Crippen molar-refractivity contribution in [3.8, 4) is 0 Å². The summed E-state index contributed by atoms with van der Waals surface area (Å²) in [5, 5.41) is 0. The van der Waals surface area contributed by atoms with Gasteiger partial charge in [-0.2, -0.15) is 0 Å². The van der Waals surface area contributed by atoms with Crippen LogP contribution in [0, 0.1) is 0 Å². The highest BCUT2D eigenvalue weighted by atomic mass is 16.1. The summed E-state index contributed by atoms with van der Waals surface area (Å²) in [5.74, 6) is 0. The van der Waals surface area contributed by atoms with Crippen LogP contribution in [-0.2, 0) is 5.41 Å². The Morgan fingerprint density at radius 1 is 1.20 bits per heavy atom. The first-order chi connectivity index (χ1) is 9.34. The van der Waals surface area contributed by atoms with Crippen molar-refractivity contribution < 1.29 is 4.79 Å². The van der Waals surface area contributed by atoms with Crippen LogP contribution in [0.2, 0.25) is 0 Å². The van der Waals surface area contributed by atoms with Gasteiger partial charge in [-0.3, -0.25) is 4.79 Å². The van der Waals surface area contributed by atoms with E-state index in [1.807, 2.05) is 20.2 Å². The molecule has 0 unspecified atom stereocenters. The Labute approximate surface area is 121 Å². The van der Waals surface area contributed by atoms with Crippen LogP contribution in [0.15, 0.2) is 36.0 Å². The van der Waals surface area contributed by atoms with Crippen molar-refractivity contribution in [3.05, 3.63) is 52.7 Å². The van der Waals surface area contributed by atoms with Crippen LogP contribution >= 0.6 is 0 Å². The number of aldehydes is 1. The molecular weight excluding hydrogens is 246 g/mol. The van der Waals surface area contributed by atoms with Crippen molar-refractivity contribution in [1.82, 2.24) is 4.90 Å². The molecule has 0 aliphatic heterocycles. The lowest BCUT2D eigenvalue weighted by molar-refractivity contribution is 0.112. The molecule has 2 rings (SSSR count). The molecule has 1 aromatic rings. The summed E-state index contributed by atoms with van der Waals surface area (Å²) in [5.41, 5.74) is 5.52. The minimum atomic E-state index is 0.0585. The van der Waals surface area contributed by atoms with Crippen LogP contribution in [0.5, 0.6) is 0 Å². The van der Waals surface area contributed by atoms with E-state index in [9.17, 15) is 4.79 Å². The average Bonchev–Trinajstić information content (AvgIpc) is 2.86. The second kappa shape index (κ2) is 5.28. The van der Waals surface area contributed by atoms with Gasteiger partial charge in [-0.25, -0.2) is 0 Å². The summed E-state index contributed by atoms with van der Waals surface area (Å²) in [7, 11) is 4.07. The van der Waals surface area contributed by atoms with Gasteiger partial charge in [-0.15, -0.1) is 0 Å². The Bertz CT molecular complexity index is 586. The molecule has 1 aliphatic rings. The van der Waals surface area contributed by atoms with Gasteiger partial charge in [0.1, 0.15) is 0 Å². The summed E-state index contributed by atoms with van der Waals surface area (Å²) in [6, 6.07) is 6.26. The maximum absolute atomic E-state index is 11.5. The molecule has 2 nitrogen and oxygen atoms in total. The highest BCUT2D eigenvalue weighted by Gasteiger charge is 2.19. The molecule has 0 bridgehead atoms. The Morgan fingerprint density at radius 2 is 1.90 bits per heavy atom. The van der Waals surface area contributed by atoms with Gasteiger partial charge in [0, 0.05) is 25.4 Å². The monoisotopic (exact) mass is 269 g/mol. The molecular formula is C18H23NO. The smallest absolute Gasteiger partial charge is 0.150 e. The van der Waals surface area contributed by atoms with Gasteiger partial charge in [0.25, 0.3) is 0 Å². The number of carbonyl (C=O) groups excluding carboxylic acids is 1. The average molecular weight is 269 g/mol. The molecule has 2 heteroatoms. The van der Waals surface area contributed by atoms with Crippen molar-refractivity contribution >= 4 is 11.9 Å². The van der Waals surface area contributed by atoms with E-state index in [2.05, 4.69) is 50.0 Å². The van der Waals surface area contributed by atoms with E-state index >= 15 is 0 Å². The van der Waals surface area contributed by atoms with E-state index in [1.165, 1.54) is 16.8 Å². The lowest BCUT2D eigenvalue weighted by Gasteiger charge is -2.22. The van der Waals surface area contributed by atoms with E-state index in [-0.39, 0.29) is 5.41 Å². The Balaban J connectivity index is 2.54. The highest BCUT2D eigenvalue weighted by molar-refractivity contribution is 5.88. The first-order valence-corrected chi connectivity index (χ1v) is 7.01. The Morgan fingerprint density at radius 3 is 2.45 bits per heavy atom. The van der Waals surface area contributed by atoms with Crippen LogP contribution in [0.4, 0.5) is 0 Å². The number of nitrogens with zero attached hydrogens (tertiary/aromatic N) is 1. The zero-order valence-electron chi connectivity index (χ0n) is 13.0. The van der Waals surface area contributed by atoms with E-state index in [0.717, 1.165) is 23.8 Å². The first kappa shape index (κ1) is 14.6. The molecule has 0 saturated carbocycles. The summed E-state index contributed by atoms with van der Waals surface area (Å²) in [6.07, 6.45) is 6.14. The molecule has 0 atom stereocenters. The minimum Gasteiger partial charge on any atom is -0.377 e. The number of hydrogen-bond acceptors (Lipinski definition) is 2. The van der Waals surface area contributed by atoms with Gasteiger partial charge in [0.05, 0.1) is 0 Å². The number of hydrogen-bond donors (Lipinski definition) is 0. The fourth-order valence-corrected chi connectivity index (χ4v) is 2.56. The fourth-order valence-electron chi connectivity index (χ4n) is 2.56. The molecule has 0 amide bonds. The lowest BCUT2D eigenvalue weighted by atomic mass is 9.84. The summed E-state index contributed by atoms with van der Waals surface area (Å²) < 4.78 is 0. The van der Waals surface area contributed by atoms with Crippen molar-refractivity contribution in [1.29, 1.82) is 0 Å². The number of carbonyl (C=O) groups is 1.